The highest BCUT2D eigenvalue weighted by atomic mass is 35.5. The highest BCUT2D eigenvalue weighted by molar-refractivity contribution is 6.21. The Labute approximate surface area is 639 Å². The number of fused-ring (bicyclic) bond motifs is 1. The Morgan fingerprint density at radius 1 is 0.817 bits per heavy atom. The summed E-state index contributed by atoms with van der Waals surface area (Å²) in [6, 6.07) is -10.4. The van der Waals surface area contributed by atoms with Crippen molar-refractivity contribution in [2.24, 2.45) is 41.1 Å². The highest BCUT2D eigenvalue weighted by Gasteiger charge is 2.49. The first kappa shape index (κ1) is 92.7. The number of aliphatic hydroxyl groups is 5. The number of primary amides is 1. The second kappa shape index (κ2) is 43.0. The molecule has 36 nitrogen and oxygen atoms in total. The zero-order chi connectivity index (χ0) is 82.3. The summed E-state index contributed by atoms with van der Waals surface area (Å²) in [6.07, 6.45) is -6.76. The number of likely N-dealkylation sites (N-methyl/N-ethyl adjacent to an activating group) is 1. The predicted molar refractivity (Wildman–Crippen MR) is 392 cm³/mol. The summed E-state index contributed by atoms with van der Waals surface area (Å²) in [7, 11) is 3.46. The van der Waals surface area contributed by atoms with E-state index in [1.807, 2.05) is 26.8 Å². The maximum atomic E-state index is 15.7. The molecule has 610 valence electrons. The van der Waals surface area contributed by atoms with Crippen molar-refractivity contribution in [1.29, 1.82) is 0 Å². The number of cyclic esters (lactones) is 1. The molecule has 1 aromatic carbocycles. The first-order chi connectivity index (χ1) is 51.0. The number of allylic oxidation sites excluding steroid dienone is 4. The number of amides is 12. The topological polar surface area (TPSA) is 536 Å². The molecule has 0 radical (unpaired) electrons. The molecule has 3 aliphatic heterocycles. The predicted octanol–water partition coefficient (Wildman–Crippen LogP) is -3.55. The number of aliphatic hydroxyl groups excluding tert-OH is 5. The smallest absolute Gasteiger partial charge is 0.329 e. The maximum absolute atomic E-state index is 15.7. The van der Waals surface area contributed by atoms with Crippen LogP contribution in [0.3, 0.4) is 0 Å². The number of ether oxygens (including phenoxy) is 5. The minimum atomic E-state index is -2.16. The maximum Gasteiger partial charge on any atom is 0.329 e. The molecule has 37 heteroatoms. The van der Waals surface area contributed by atoms with Gasteiger partial charge in [-0.15, -0.1) is 11.6 Å². The minimum absolute atomic E-state index is 0.00852. The average Bonchev–Trinajstić information content (AvgIpc) is 0.796. The molecule has 0 aliphatic carbocycles. The van der Waals surface area contributed by atoms with Crippen molar-refractivity contribution in [2.45, 2.75) is 224 Å². The van der Waals surface area contributed by atoms with Crippen molar-refractivity contribution in [3.05, 3.63) is 65.4 Å². The third kappa shape index (κ3) is 25.9. The SMILES string of the molecule is C/C=C(\NC(=O)CNC(=O)C(C)C(O)C=CC(C)=CC(C)CC)C(=O)N[C@H](C(=O)N[C@H](C(=O)N[C@H]1C(=O)N[C@H](COC)C(=O)NCC(=O)N[C@@H](C)C(=O)N(C)[C@@H]([C@@H](C)O)C(=O)N[C@H]([C@H](OC)c2ccc(O[C@@H]3O[C@@H](C)[C@H](O)[C@@H](O)[C@H]3O)cc2)C(=O)N2CC[C@H](Cl)C[C@H]2C(=O)O[C@@H]1C(C)C)[C@@H](C)[C@@H](C)C(N)=O)[C@H](C)N. The van der Waals surface area contributed by atoms with Gasteiger partial charge in [0.25, 0.3) is 5.91 Å². The van der Waals surface area contributed by atoms with Crippen LogP contribution >= 0.6 is 11.6 Å². The van der Waals surface area contributed by atoms with Gasteiger partial charge in [0.05, 0.1) is 43.9 Å². The number of nitrogens with zero attached hydrogens (tertiary/aromatic N) is 2. The lowest BCUT2D eigenvalue weighted by Gasteiger charge is -2.41. The van der Waals surface area contributed by atoms with Gasteiger partial charge in [0.2, 0.25) is 71.3 Å². The summed E-state index contributed by atoms with van der Waals surface area (Å²) in [4.78, 5) is 188. The lowest BCUT2D eigenvalue weighted by molar-refractivity contribution is -0.268. The van der Waals surface area contributed by atoms with Gasteiger partial charge in [-0.2, -0.15) is 0 Å². The van der Waals surface area contributed by atoms with Crippen LogP contribution in [0.25, 0.3) is 0 Å². The van der Waals surface area contributed by atoms with E-state index >= 15 is 19.2 Å². The van der Waals surface area contributed by atoms with Gasteiger partial charge in [-0.1, -0.05) is 96.9 Å². The number of nitrogens with one attached hydrogen (secondary N) is 9. The fourth-order valence-electron chi connectivity index (χ4n) is 12.2. The van der Waals surface area contributed by atoms with Gasteiger partial charge in [-0.05, 0) is 89.8 Å². The number of rotatable bonds is 28. The number of halogens is 1. The van der Waals surface area contributed by atoms with Crippen molar-refractivity contribution < 1.29 is 112 Å². The van der Waals surface area contributed by atoms with Crippen molar-refractivity contribution >= 4 is 88.5 Å². The number of carbonyl (C=O) groups is 13. The van der Waals surface area contributed by atoms with Crippen LogP contribution in [0, 0.1) is 29.6 Å². The van der Waals surface area contributed by atoms with Crippen molar-refractivity contribution in [3.63, 3.8) is 0 Å². The molecule has 3 fully saturated rings. The number of hydrogen-bond acceptors (Lipinski definition) is 24. The number of nitrogens with two attached hydrogens (primary N) is 2. The first-order valence-corrected chi connectivity index (χ1v) is 36.5. The van der Waals surface area contributed by atoms with E-state index in [9.17, 15) is 68.7 Å². The van der Waals surface area contributed by atoms with E-state index in [1.54, 1.807) is 6.08 Å². The van der Waals surface area contributed by atoms with Gasteiger partial charge in [0.1, 0.15) is 90.3 Å². The number of benzene rings is 1. The quantitative estimate of drug-likeness (QED) is 0.0167. The number of methoxy groups -OCH3 is 2. The average molecular weight is 1560 g/mol. The van der Waals surface area contributed by atoms with Crippen molar-refractivity contribution in [3.8, 4) is 5.75 Å². The van der Waals surface area contributed by atoms with Gasteiger partial charge in [-0.3, -0.25) is 57.5 Å². The molecule has 12 amide bonds. The lowest BCUT2D eigenvalue weighted by atomic mass is 9.87. The Morgan fingerprint density at radius 2 is 1.46 bits per heavy atom. The largest absolute Gasteiger partial charge is 0.462 e. The van der Waals surface area contributed by atoms with Crippen LogP contribution in [0.5, 0.6) is 5.75 Å². The second-order valence-electron chi connectivity index (χ2n) is 28.2. The molecule has 0 saturated carbocycles. The zero-order valence-corrected chi connectivity index (χ0v) is 65.2. The number of hydrogen-bond donors (Lipinski definition) is 16. The summed E-state index contributed by atoms with van der Waals surface area (Å²) in [5, 5.41) is 74.5. The molecule has 3 saturated heterocycles. The number of esters is 1. The fourth-order valence-corrected chi connectivity index (χ4v) is 12.4. The molecule has 23 atom stereocenters. The molecule has 3 unspecified atom stereocenters. The van der Waals surface area contributed by atoms with E-state index in [0.717, 1.165) is 36.0 Å². The molecule has 0 spiro atoms. The molecule has 0 aromatic heterocycles. The van der Waals surface area contributed by atoms with Crippen LogP contribution in [0.2, 0.25) is 0 Å². The Morgan fingerprint density at radius 3 is 2.03 bits per heavy atom. The number of carbonyl (C=O) groups excluding carboxylic acids is 13. The van der Waals surface area contributed by atoms with Crippen LogP contribution in [0.15, 0.2) is 59.8 Å². The standard InChI is InChI=1S/C72H112ClN13O23/c1-17-33(5)27-34(6)19-24-48(88)37(9)62(95)76-30-50(90)79-45(18-2)64(97)82-52(38(10)74)66(99)81-51(35(7)36(8)61(75)94)65(98)83-53-59(32(3)4)109-71(104)47-28-43(73)25-26-86(47)70(103)54(60(106-16)42-20-22-44(23-21-42)108-72-58(93)57(92)56(91)41(13)107-72)84-68(101)55(40(12)87)85(14)69(102)39(11)78-49(89)29-77-63(96)46(31-105-15)80-67(53)100/h18-24,27,32-33,35-41,43,46-48,51-60,72,87-88,91-93H,17,25-26,28-31,74H2,1-16H3,(H2,75,94)(H,76,95)(H,77,96)(H,78,89)(H,79,90)(H,80,100)(H,81,99)(H,82,97)(H,83,98)(H,84,101)/b24-19?,34-27?,45-18-/t33?,35-,36+,37?,38-,39-,40+,41-,43-,46+,47-,48?,51-,52-,53+,54+,55-,56-,57+,58+,59+,60+,72-/m0/s1. The molecule has 4 rings (SSSR count). The Balaban J connectivity index is 1.83. The monoisotopic (exact) mass is 1560 g/mol. The molecule has 0 bridgehead atoms. The van der Waals surface area contributed by atoms with E-state index < -0.39 is 241 Å². The summed E-state index contributed by atoms with van der Waals surface area (Å²) in [6.45, 7) is 16.9. The van der Waals surface area contributed by atoms with Gasteiger partial charge in [0.15, 0.2) is 0 Å². The molecule has 3 heterocycles. The Bertz CT molecular complexity index is 3450. The summed E-state index contributed by atoms with van der Waals surface area (Å²) < 4.78 is 29.0. The van der Waals surface area contributed by atoms with Gasteiger partial charge >= 0.3 is 5.97 Å². The van der Waals surface area contributed by atoms with Crippen LogP contribution in [0.1, 0.15) is 121 Å². The van der Waals surface area contributed by atoms with Crippen LogP contribution in [-0.4, -0.2) is 268 Å². The first-order valence-electron chi connectivity index (χ1n) is 36.1. The van der Waals surface area contributed by atoms with Gasteiger partial charge < -0.3 is 118 Å². The Hall–Kier alpha value is -8.72. The van der Waals surface area contributed by atoms with Gasteiger partial charge in [0, 0.05) is 45.1 Å². The third-order valence-electron chi connectivity index (χ3n) is 19.3. The van der Waals surface area contributed by atoms with Crippen molar-refractivity contribution in [2.75, 3.05) is 47.5 Å². The number of piperidine rings is 1. The highest BCUT2D eigenvalue weighted by Crippen LogP contribution is 2.32. The Kier molecular flexibility index (Phi) is 36.6. The summed E-state index contributed by atoms with van der Waals surface area (Å²) in [5.41, 5.74) is 12.7. The van der Waals surface area contributed by atoms with Crippen LogP contribution in [-0.2, 0) is 81.3 Å². The minimum Gasteiger partial charge on any atom is -0.462 e. The van der Waals surface area contributed by atoms with E-state index in [0.29, 0.717) is 0 Å². The van der Waals surface area contributed by atoms with E-state index in [4.69, 9.17) is 46.8 Å². The van der Waals surface area contributed by atoms with Gasteiger partial charge in [-0.25, -0.2) is 4.79 Å². The van der Waals surface area contributed by atoms with E-state index in [2.05, 4.69) is 47.9 Å². The summed E-state index contributed by atoms with van der Waals surface area (Å²) in [5.74, 6) is -18.3. The molecule has 109 heavy (non-hydrogen) atoms. The zero-order valence-electron chi connectivity index (χ0n) is 64.4. The van der Waals surface area contributed by atoms with E-state index in [-0.39, 0.29) is 36.6 Å². The fraction of sp³-hybridized carbons (Fsp3) is 0.653. The third-order valence-corrected chi connectivity index (χ3v) is 19.7. The van der Waals surface area contributed by atoms with Crippen LogP contribution < -0.4 is 64.1 Å². The molecular weight excluding hydrogens is 1450 g/mol. The lowest BCUT2D eigenvalue weighted by Crippen LogP contribution is -2.66. The molecule has 18 N–H and O–H groups in total. The summed E-state index contributed by atoms with van der Waals surface area (Å²) >= 11 is 6.82. The normalized spacial score (nSPS) is 27.6. The van der Waals surface area contributed by atoms with Crippen molar-refractivity contribution in [1.82, 2.24) is 57.7 Å². The molecule has 3 aliphatic rings. The van der Waals surface area contributed by atoms with Crippen LogP contribution in [0.4, 0.5) is 0 Å². The molecular formula is C72H112ClN13O23. The number of alkyl halides is 1. The van der Waals surface area contributed by atoms with E-state index in [1.165, 1.54) is 113 Å². The second-order valence-corrected chi connectivity index (χ2v) is 28.8. The molecule has 1 aromatic rings.